The molecule has 0 radical (unpaired) electrons. The van der Waals surface area contributed by atoms with Crippen molar-refractivity contribution in [2.45, 2.75) is 25.8 Å². The molecule has 0 aliphatic carbocycles. The first-order valence-corrected chi connectivity index (χ1v) is 4.98. The molecule has 0 spiro atoms. The minimum atomic E-state index is 0.255. The summed E-state index contributed by atoms with van der Waals surface area (Å²) in [5.41, 5.74) is 7.01. The molecule has 0 aliphatic rings. The predicted molar refractivity (Wildman–Crippen MR) is 60.5 cm³/mol. The molecule has 1 aromatic heterocycles. The number of rotatable bonds is 4. The maximum Gasteiger partial charge on any atom is 0.131 e. The van der Waals surface area contributed by atoms with Gasteiger partial charge >= 0.3 is 0 Å². The van der Waals surface area contributed by atoms with Gasteiger partial charge in [-0.05, 0) is 31.4 Å². The highest BCUT2D eigenvalue weighted by Crippen LogP contribution is 2.16. The van der Waals surface area contributed by atoms with E-state index in [2.05, 4.69) is 11.1 Å². The van der Waals surface area contributed by atoms with Crippen LogP contribution in [-0.2, 0) is 6.42 Å². The molecule has 1 rings (SSSR count). The molecule has 1 unspecified atom stereocenters. The molecule has 1 aromatic rings. The third kappa shape index (κ3) is 3.00. The average molecular weight is 193 g/mol. The molecule has 0 aromatic carbocycles. The van der Waals surface area contributed by atoms with Gasteiger partial charge in [-0.15, -0.1) is 0 Å². The van der Waals surface area contributed by atoms with Crippen LogP contribution in [0.1, 0.15) is 18.9 Å². The first-order valence-electron chi connectivity index (χ1n) is 4.98. The number of nitrogens with two attached hydrogens (primary N) is 1. The van der Waals surface area contributed by atoms with Crippen molar-refractivity contribution in [1.29, 1.82) is 0 Å². The van der Waals surface area contributed by atoms with Crippen LogP contribution in [0.2, 0.25) is 0 Å². The largest absolute Gasteiger partial charge is 0.363 e. The molecule has 3 heteroatoms. The normalized spacial score (nSPS) is 12.6. The molecule has 14 heavy (non-hydrogen) atoms. The summed E-state index contributed by atoms with van der Waals surface area (Å²) in [6.45, 7) is 2.03. The van der Waals surface area contributed by atoms with Gasteiger partial charge in [-0.2, -0.15) is 0 Å². The molecule has 2 N–H and O–H groups in total. The van der Waals surface area contributed by atoms with Crippen LogP contribution < -0.4 is 10.6 Å². The first kappa shape index (κ1) is 11.0. The summed E-state index contributed by atoms with van der Waals surface area (Å²) in [6, 6.07) is 4.35. The lowest BCUT2D eigenvalue weighted by Gasteiger charge is -2.16. The van der Waals surface area contributed by atoms with E-state index in [1.54, 1.807) is 0 Å². The molecule has 0 fully saturated rings. The topological polar surface area (TPSA) is 42.1 Å². The van der Waals surface area contributed by atoms with E-state index < -0.39 is 0 Å². The lowest BCUT2D eigenvalue weighted by molar-refractivity contribution is 0.664. The van der Waals surface area contributed by atoms with E-state index in [9.17, 15) is 0 Å². The summed E-state index contributed by atoms with van der Waals surface area (Å²) >= 11 is 0. The molecule has 3 nitrogen and oxygen atoms in total. The number of anilines is 1. The Morgan fingerprint density at radius 1 is 1.50 bits per heavy atom. The highest BCUT2D eigenvalue weighted by molar-refractivity contribution is 5.45. The quantitative estimate of drug-likeness (QED) is 0.786. The first-order chi connectivity index (χ1) is 6.61. The summed E-state index contributed by atoms with van der Waals surface area (Å²) in [5.74, 6) is 1.05. The van der Waals surface area contributed by atoms with E-state index in [0.29, 0.717) is 0 Å². The Bertz CT molecular complexity index is 282. The van der Waals surface area contributed by atoms with Crippen LogP contribution in [0, 0.1) is 0 Å². The highest BCUT2D eigenvalue weighted by atomic mass is 15.1. The van der Waals surface area contributed by atoms with Gasteiger partial charge in [0.25, 0.3) is 0 Å². The summed E-state index contributed by atoms with van der Waals surface area (Å²) < 4.78 is 0. The molecule has 0 bridgehead atoms. The van der Waals surface area contributed by atoms with Gasteiger partial charge in [-0.25, -0.2) is 4.98 Å². The van der Waals surface area contributed by atoms with Gasteiger partial charge in [0, 0.05) is 26.3 Å². The van der Waals surface area contributed by atoms with E-state index in [1.165, 1.54) is 5.56 Å². The fourth-order valence-electron chi connectivity index (χ4n) is 1.41. The number of hydrogen-bond donors (Lipinski definition) is 1. The molecule has 78 valence electrons. The molecular formula is C11H19N3. The van der Waals surface area contributed by atoms with Gasteiger partial charge < -0.3 is 10.6 Å². The Labute approximate surface area is 85.9 Å². The maximum absolute atomic E-state index is 5.73. The van der Waals surface area contributed by atoms with E-state index in [0.717, 1.165) is 18.7 Å². The molecule has 1 atom stereocenters. The highest BCUT2D eigenvalue weighted by Gasteiger charge is 2.05. The predicted octanol–water partition coefficient (Wildman–Crippen LogP) is 1.43. The average Bonchev–Trinajstić information content (AvgIpc) is 2.15. The second kappa shape index (κ2) is 4.96. The zero-order valence-electron chi connectivity index (χ0n) is 9.20. The van der Waals surface area contributed by atoms with Crippen LogP contribution in [0.5, 0.6) is 0 Å². The Morgan fingerprint density at radius 3 is 2.79 bits per heavy atom. The van der Waals surface area contributed by atoms with E-state index in [4.69, 9.17) is 5.73 Å². The number of aryl methyl sites for hydroxylation is 1. The number of hydrogen-bond acceptors (Lipinski definition) is 3. The van der Waals surface area contributed by atoms with Crippen LogP contribution in [-0.4, -0.2) is 25.1 Å². The van der Waals surface area contributed by atoms with Crippen LogP contribution in [0.3, 0.4) is 0 Å². The molecule has 0 saturated carbocycles. The van der Waals surface area contributed by atoms with Crippen molar-refractivity contribution in [2.24, 2.45) is 5.73 Å². The Morgan fingerprint density at radius 2 is 2.21 bits per heavy atom. The van der Waals surface area contributed by atoms with Crippen molar-refractivity contribution < 1.29 is 0 Å². The zero-order valence-corrected chi connectivity index (χ0v) is 9.20. The summed E-state index contributed by atoms with van der Waals surface area (Å²) in [7, 11) is 4.02. The Balaban J connectivity index is 2.74. The van der Waals surface area contributed by atoms with Crippen molar-refractivity contribution in [3.05, 3.63) is 23.9 Å². The fourth-order valence-corrected chi connectivity index (χ4v) is 1.41. The third-order valence-electron chi connectivity index (χ3n) is 2.16. The van der Waals surface area contributed by atoms with Crippen LogP contribution in [0.4, 0.5) is 5.82 Å². The van der Waals surface area contributed by atoms with E-state index in [-0.39, 0.29) is 6.04 Å². The number of aromatic nitrogens is 1. The molecular weight excluding hydrogens is 174 g/mol. The second-order valence-electron chi connectivity index (χ2n) is 3.90. The van der Waals surface area contributed by atoms with Crippen LogP contribution in [0.15, 0.2) is 18.3 Å². The van der Waals surface area contributed by atoms with Gasteiger partial charge in [0.2, 0.25) is 0 Å². The molecule has 0 saturated heterocycles. The van der Waals surface area contributed by atoms with Gasteiger partial charge in [0.15, 0.2) is 0 Å². The molecule has 1 heterocycles. The Kier molecular flexibility index (Phi) is 3.89. The number of pyridine rings is 1. The summed E-state index contributed by atoms with van der Waals surface area (Å²) in [6.07, 6.45) is 3.83. The van der Waals surface area contributed by atoms with Crippen molar-refractivity contribution in [2.75, 3.05) is 19.0 Å². The number of nitrogens with zero attached hydrogens (tertiary/aromatic N) is 2. The molecule has 0 aliphatic heterocycles. The third-order valence-corrected chi connectivity index (χ3v) is 2.16. The lowest BCUT2D eigenvalue weighted by Crippen LogP contribution is -2.17. The van der Waals surface area contributed by atoms with Crippen molar-refractivity contribution in [1.82, 2.24) is 4.98 Å². The van der Waals surface area contributed by atoms with Gasteiger partial charge in [0.1, 0.15) is 5.82 Å². The summed E-state index contributed by atoms with van der Waals surface area (Å²) in [5, 5.41) is 0. The summed E-state index contributed by atoms with van der Waals surface area (Å²) in [4.78, 5) is 6.38. The van der Waals surface area contributed by atoms with E-state index >= 15 is 0 Å². The fraction of sp³-hybridized carbons (Fsp3) is 0.545. The van der Waals surface area contributed by atoms with E-state index in [1.807, 2.05) is 38.2 Å². The van der Waals surface area contributed by atoms with Gasteiger partial charge in [-0.3, -0.25) is 0 Å². The zero-order chi connectivity index (χ0) is 10.6. The Hall–Kier alpha value is -1.09. The minimum absolute atomic E-state index is 0.255. The van der Waals surface area contributed by atoms with Crippen LogP contribution in [0.25, 0.3) is 0 Å². The van der Waals surface area contributed by atoms with Gasteiger partial charge in [-0.1, -0.05) is 6.07 Å². The van der Waals surface area contributed by atoms with Crippen molar-refractivity contribution in [3.63, 3.8) is 0 Å². The monoisotopic (exact) mass is 193 g/mol. The minimum Gasteiger partial charge on any atom is -0.363 e. The molecule has 0 amide bonds. The van der Waals surface area contributed by atoms with Crippen LogP contribution >= 0.6 is 0 Å². The second-order valence-corrected chi connectivity index (χ2v) is 3.90. The van der Waals surface area contributed by atoms with Crippen molar-refractivity contribution in [3.8, 4) is 0 Å². The lowest BCUT2D eigenvalue weighted by atomic mass is 10.1. The standard InChI is InChI=1S/C11H19N3/c1-9(12)6-7-10-5-4-8-13-11(10)14(2)3/h4-5,8-9H,6-7,12H2,1-3H3. The smallest absolute Gasteiger partial charge is 0.131 e. The maximum atomic E-state index is 5.73. The SMILES string of the molecule is CC(N)CCc1cccnc1N(C)C. The van der Waals surface area contributed by atoms with Crippen molar-refractivity contribution >= 4 is 5.82 Å². The van der Waals surface area contributed by atoms with Gasteiger partial charge in [0.05, 0.1) is 0 Å².